The molecule has 146 valence electrons. The van der Waals surface area contributed by atoms with Crippen molar-refractivity contribution in [1.29, 1.82) is 0 Å². The quantitative estimate of drug-likeness (QED) is 0.672. The molecule has 2 aromatic rings. The highest BCUT2D eigenvalue weighted by atomic mass is 35.5. The van der Waals surface area contributed by atoms with E-state index in [9.17, 15) is 22.7 Å². The number of hydrogen-bond acceptors (Lipinski definition) is 5. The number of aliphatic hydroxyl groups excluding tert-OH is 1. The Kier molecular flexibility index (Phi) is 6.14. The van der Waals surface area contributed by atoms with E-state index in [1.54, 1.807) is 12.1 Å². The minimum atomic E-state index is -3.98. The Bertz CT molecular complexity index is 924. The molecular weight excluding hydrogens is 417 g/mol. The van der Waals surface area contributed by atoms with E-state index in [2.05, 4.69) is 10.0 Å². The molecule has 27 heavy (non-hydrogen) atoms. The van der Waals surface area contributed by atoms with Gasteiger partial charge in [0.1, 0.15) is 11.9 Å². The number of benzene rings is 1. The molecule has 0 saturated carbocycles. The maximum atomic E-state index is 13.3. The van der Waals surface area contributed by atoms with Crippen LogP contribution in [0, 0.1) is 5.82 Å². The van der Waals surface area contributed by atoms with Crippen LogP contribution in [0.25, 0.3) is 0 Å². The Hall–Kier alpha value is -1.56. The Morgan fingerprint density at radius 3 is 2.85 bits per heavy atom. The van der Waals surface area contributed by atoms with Gasteiger partial charge in [-0.1, -0.05) is 17.7 Å². The van der Waals surface area contributed by atoms with Crippen molar-refractivity contribution in [3.63, 3.8) is 0 Å². The lowest BCUT2D eigenvalue weighted by molar-refractivity contribution is -0.120. The van der Waals surface area contributed by atoms with Crippen molar-refractivity contribution in [1.82, 2.24) is 9.03 Å². The number of nitrogens with one attached hydrogen (secondary N) is 2. The average Bonchev–Trinajstić information content (AvgIpc) is 3.14. The largest absolute Gasteiger partial charge is 0.395 e. The number of aliphatic hydroxyl groups is 1. The first kappa shape index (κ1) is 20.2. The van der Waals surface area contributed by atoms with Gasteiger partial charge in [0.15, 0.2) is 0 Å². The first-order chi connectivity index (χ1) is 12.8. The maximum Gasteiger partial charge on any atom is 0.280 e. The summed E-state index contributed by atoms with van der Waals surface area (Å²) >= 11 is 7.10. The summed E-state index contributed by atoms with van der Waals surface area (Å²) in [7, 11) is -3.98. The second-order valence-corrected chi connectivity index (χ2v) is 8.94. The van der Waals surface area contributed by atoms with Crippen molar-refractivity contribution in [2.45, 2.75) is 18.5 Å². The molecule has 1 amide bonds. The number of anilines is 1. The highest BCUT2D eigenvalue weighted by Gasteiger charge is 2.42. The summed E-state index contributed by atoms with van der Waals surface area (Å²) in [5, 5.41) is 13.5. The fourth-order valence-electron chi connectivity index (χ4n) is 2.88. The minimum absolute atomic E-state index is 0.158. The van der Waals surface area contributed by atoms with E-state index in [1.165, 1.54) is 23.5 Å². The van der Waals surface area contributed by atoms with Crippen LogP contribution in [0.2, 0.25) is 5.02 Å². The molecule has 1 aliphatic rings. The number of thiophene rings is 1. The van der Waals surface area contributed by atoms with Crippen LogP contribution in [0.4, 0.5) is 10.1 Å². The molecule has 0 spiro atoms. The highest BCUT2D eigenvalue weighted by molar-refractivity contribution is 7.87. The van der Waals surface area contributed by atoms with Gasteiger partial charge >= 0.3 is 0 Å². The van der Waals surface area contributed by atoms with E-state index in [4.69, 9.17) is 11.6 Å². The van der Waals surface area contributed by atoms with Crippen LogP contribution in [0.5, 0.6) is 0 Å². The SMILES string of the molecule is O=C(Nc1ccc(F)c(Cl)c1)[C@@H]1C[C@H](c2cccs2)NS(=O)(=O)N1CCO. The van der Waals surface area contributed by atoms with E-state index in [1.807, 2.05) is 5.38 Å². The van der Waals surface area contributed by atoms with Crippen molar-refractivity contribution in [3.05, 3.63) is 51.4 Å². The summed E-state index contributed by atoms with van der Waals surface area (Å²) in [5.74, 6) is -1.21. The van der Waals surface area contributed by atoms with Crippen LogP contribution >= 0.6 is 22.9 Å². The zero-order valence-corrected chi connectivity index (χ0v) is 16.3. The number of halogens is 2. The molecule has 1 saturated heterocycles. The number of rotatable bonds is 5. The third-order valence-corrected chi connectivity index (χ3v) is 7.02. The fourth-order valence-corrected chi connectivity index (χ4v) is 5.48. The molecule has 0 unspecified atom stereocenters. The van der Waals surface area contributed by atoms with Gasteiger partial charge in [0.25, 0.3) is 10.2 Å². The average molecular weight is 434 g/mol. The summed E-state index contributed by atoms with van der Waals surface area (Å²) in [6.07, 6.45) is 0.181. The van der Waals surface area contributed by atoms with Crippen molar-refractivity contribution < 1.29 is 22.7 Å². The lowest BCUT2D eigenvalue weighted by Gasteiger charge is -2.37. The summed E-state index contributed by atoms with van der Waals surface area (Å²) in [4.78, 5) is 13.6. The van der Waals surface area contributed by atoms with E-state index in [0.717, 1.165) is 15.2 Å². The van der Waals surface area contributed by atoms with E-state index in [0.29, 0.717) is 0 Å². The van der Waals surface area contributed by atoms with Crippen LogP contribution in [-0.2, 0) is 15.0 Å². The zero-order chi connectivity index (χ0) is 19.6. The van der Waals surface area contributed by atoms with Crippen LogP contribution in [0.1, 0.15) is 17.3 Å². The number of amides is 1. The molecule has 0 bridgehead atoms. The third-order valence-electron chi connectivity index (χ3n) is 4.10. The minimum Gasteiger partial charge on any atom is -0.395 e. The monoisotopic (exact) mass is 433 g/mol. The topological polar surface area (TPSA) is 98.7 Å². The first-order valence-corrected chi connectivity index (χ1v) is 10.7. The Morgan fingerprint density at radius 1 is 1.44 bits per heavy atom. The van der Waals surface area contributed by atoms with Gasteiger partial charge in [-0.2, -0.15) is 17.4 Å². The van der Waals surface area contributed by atoms with Gasteiger partial charge in [0.05, 0.1) is 17.7 Å². The molecule has 11 heteroatoms. The standard InChI is InChI=1S/C16H17ClFN3O4S2/c17-11-8-10(3-4-12(11)18)19-16(23)14-9-13(15-2-1-7-26-15)20-27(24,25)21(14)5-6-22/h1-4,7-8,13-14,20,22H,5-6,9H2,(H,19,23)/t13-,14+/m1/s1. The van der Waals surface area contributed by atoms with Crippen LogP contribution in [0.3, 0.4) is 0 Å². The summed E-state index contributed by atoms with van der Waals surface area (Å²) in [6.45, 7) is -0.661. The smallest absolute Gasteiger partial charge is 0.280 e. The number of β-amino-alcohol motifs (C(OH)–C–C–N with tert-alkyl or cyclic N) is 1. The lowest BCUT2D eigenvalue weighted by Crippen LogP contribution is -2.58. The molecule has 0 radical (unpaired) electrons. The number of nitrogens with zero attached hydrogens (tertiary/aromatic N) is 1. The Morgan fingerprint density at radius 2 is 2.22 bits per heavy atom. The summed E-state index contributed by atoms with van der Waals surface area (Å²) in [6, 6.07) is 5.67. The molecule has 0 aliphatic carbocycles. The van der Waals surface area contributed by atoms with Gasteiger partial charge in [-0.3, -0.25) is 4.79 Å². The van der Waals surface area contributed by atoms with Gasteiger partial charge in [0, 0.05) is 17.1 Å². The van der Waals surface area contributed by atoms with Crippen LogP contribution < -0.4 is 10.0 Å². The Balaban J connectivity index is 1.87. The zero-order valence-electron chi connectivity index (χ0n) is 13.9. The molecule has 1 fully saturated rings. The summed E-state index contributed by atoms with van der Waals surface area (Å²) < 4.78 is 42.0. The molecule has 3 rings (SSSR count). The van der Waals surface area contributed by atoms with Crippen LogP contribution in [-0.4, -0.2) is 42.9 Å². The lowest BCUT2D eigenvalue weighted by atomic mass is 10.0. The maximum absolute atomic E-state index is 13.3. The molecule has 1 aliphatic heterocycles. The molecule has 1 aromatic heterocycles. The molecule has 3 N–H and O–H groups in total. The predicted molar refractivity (Wildman–Crippen MR) is 101 cm³/mol. The van der Waals surface area contributed by atoms with Gasteiger partial charge < -0.3 is 10.4 Å². The summed E-state index contributed by atoms with van der Waals surface area (Å²) in [5.41, 5.74) is 0.249. The van der Waals surface area contributed by atoms with Crippen molar-refractivity contribution in [2.24, 2.45) is 0 Å². The van der Waals surface area contributed by atoms with Gasteiger partial charge in [-0.05, 0) is 36.1 Å². The van der Waals surface area contributed by atoms with E-state index < -0.39 is 40.6 Å². The molecule has 2 heterocycles. The van der Waals surface area contributed by atoms with Gasteiger partial charge in [0.2, 0.25) is 5.91 Å². The van der Waals surface area contributed by atoms with Crippen LogP contribution in [0.15, 0.2) is 35.7 Å². The van der Waals surface area contributed by atoms with Crippen molar-refractivity contribution in [3.8, 4) is 0 Å². The van der Waals surface area contributed by atoms with E-state index in [-0.39, 0.29) is 23.7 Å². The molecule has 1 aromatic carbocycles. The normalized spacial score (nSPS) is 22.5. The van der Waals surface area contributed by atoms with E-state index >= 15 is 0 Å². The molecular formula is C16H17ClFN3O4S2. The third kappa shape index (κ3) is 4.48. The predicted octanol–water partition coefficient (Wildman–Crippen LogP) is 2.12. The highest BCUT2D eigenvalue weighted by Crippen LogP contribution is 2.31. The Labute approximate surface area is 164 Å². The molecule has 7 nitrogen and oxygen atoms in total. The second kappa shape index (κ2) is 8.21. The molecule has 2 atom stereocenters. The fraction of sp³-hybridized carbons (Fsp3) is 0.312. The second-order valence-electron chi connectivity index (χ2n) is 5.89. The van der Waals surface area contributed by atoms with Gasteiger partial charge in [-0.25, -0.2) is 4.39 Å². The first-order valence-electron chi connectivity index (χ1n) is 8.01. The van der Waals surface area contributed by atoms with Crippen molar-refractivity contribution in [2.75, 3.05) is 18.5 Å². The number of carbonyl (C=O) groups excluding carboxylic acids is 1. The van der Waals surface area contributed by atoms with Crippen molar-refractivity contribution >= 4 is 44.7 Å². The van der Waals surface area contributed by atoms with Gasteiger partial charge in [-0.15, -0.1) is 11.3 Å². The number of hydrogen-bond donors (Lipinski definition) is 3. The number of carbonyl (C=O) groups is 1.